The number of para-hydroxylation sites is 1. The molecule has 0 atom stereocenters. The molecule has 0 saturated heterocycles. The summed E-state index contributed by atoms with van der Waals surface area (Å²) < 4.78 is 5.41. The molecule has 2 heterocycles. The SMILES string of the molecule is COc1ccccc1-c1cc(C)nc(C(=O)Nc2nc(C)cs2)c1. The number of nitrogens with one attached hydrogen (secondary N) is 1. The number of hydrogen-bond donors (Lipinski definition) is 1. The summed E-state index contributed by atoms with van der Waals surface area (Å²) >= 11 is 1.39. The van der Waals surface area contributed by atoms with E-state index in [1.54, 1.807) is 13.2 Å². The van der Waals surface area contributed by atoms with Crippen molar-refractivity contribution < 1.29 is 9.53 Å². The maximum absolute atomic E-state index is 12.5. The first-order valence-corrected chi connectivity index (χ1v) is 8.30. The van der Waals surface area contributed by atoms with Crippen LogP contribution in [0.4, 0.5) is 5.13 Å². The lowest BCUT2D eigenvalue weighted by Gasteiger charge is -2.10. The molecule has 1 N–H and O–H groups in total. The first-order valence-electron chi connectivity index (χ1n) is 7.42. The summed E-state index contributed by atoms with van der Waals surface area (Å²) in [6.45, 7) is 3.75. The van der Waals surface area contributed by atoms with Gasteiger partial charge in [-0.05, 0) is 37.6 Å². The molecule has 0 saturated carbocycles. The van der Waals surface area contributed by atoms with E-state index < -0.39 is 0 Å². The number of aromatic nitrogens is 2. The highest BCUT2D eigenvalue weighted by atomic mass is 32.1. The van der Waals surface area contributed by atoms with Gasteiger partial charge in [0, 0.05) is 16.6 Å². The fourth-order valence-electron chi connectivity index (χ4n) is 2.40. The molecule has 0 fully saturated rings. The normalized spacial score (nSPS) is 10.5. The van der Waals surface area contributed by atoms with Crippen LogP contribution in [0, 0.1) is 13.8 Å². The summed E-state index contributed by atoms with van der Waals surface area (Å²) in [5.74, 6) is 0.481. The second-order valence-electron chi connectivity index (χ2n) is 5.33. The Kier molecular flexibility index (Phi) is 4.57. The smallest absolute Gasteiger partial charge is 0.276 e. The standard InChI is InChI=1S/C18H17N3O2S/c1-11-8-13(14-6-4-5-7-16(14)23-3)9-15(19-11)17(22)21-18-20-12(2)10-24-18/h4-10H,1-3H3,(H,20,21,22). The number of rotatable bonds is 4. The topological polar surface area (TPSA) is 64.1 Å². The molecule has 0 aliphatic heterocycles. The van der Waals surface area contributed by atoms with Crippen molar-refractivity contribution in [1.82, 2.24) is 9.97 Å². The Bertz CT molecular complexity index is 889. The number of nitrogens with zero attached hydrogens (tertiary/aromatic N) is 2. The summed E-state index contributed by atoms with van der Waals surface area (Å²) in [7, 11) is 1.63. The Balaban J connectivity index is 1.95. The zero-order valence-corrected chi connectivity index (χ0v) is 14.5. The monoisotopic (exact) mass is 339 g/mol. The fourth-order valence-corrected chi connectivity index (χ4v) is 3.08. The van der Waals surface area contributed by atoms with E-state index in [-0.39, 0.29) is 5.91 Å². The summed E-state index contributed by atoms with van der Waals surface area (Å²) in [5, 5.41) is 5.25. The van der Waals surface area contributed by atoms with Gasteiger partial charge in [-0.3, -0.25) is 10.1 Å². The number of thiazole rings is 1. The molecule has 1 aromatic carbocycles. The number of ether oxygens (including phenoxy) is 1. The molecule has 0 radical (unpaired) electrons. The molecule has 5 nitrogen and oxygen atoms in total. The highest BCUT2D eigenvalue weighted by Gasteiger charge is 2.14. The molecule has 3 aromatic rings. The van der Waals surface area contributed by atoms with E-state index in [0.29, 0.717) is 10.8 Å². The number of amides is 1. The Labute approximate surface area is 144 Å². The van der Waals surface area contributed by atoms with Crippen LogP contribution in [0.15, 0.2) is 41.8 Å². The van der Waals surface area contributed by atoms with E-state index in [1.807, 2.05) is 49.6 Å². The van der Waals surface area contributed by atoms with Crippen molar-refractivity contribution in [2.75, 3.05) is 12.4 Å². The predicted molar refractivity (Wildman–Crippen MR) is 95.8 cm³/mol. The summed E-state index contributed by atoms with van der Waals surface area (Å²) in [4.78, 5) is 21.1. The Hall–Kier alpha value is -2.73. The third-order valence-electron chi connectivity index (χ3n) is 3.44. The third kappa shape index (κ3) is 3.44. The van der Waals surface area contributed by atoms with Crippen molar-refractivity contribution in [3.63, 3.8) is 0 Å². The molecule has 0 spiro atoms. The largest absolute Gasteiger partial charge is 0.496 e. The average molecular weight is 339 g/mol. The third-order valence-corrected chi connectivity index (χ3v) is 4.32. The van der Waals surface area contributed by atoms with Gasteiger partial charge in [-0.1, -0.05) is 18.2 Å². The number of methoxy groups -OCH3 is 1. The molecule has 0 aliphatic carbocycles. The first-order chi connectivity index (χ1) is 11.6. The molecule has 2 aromatic heterocycles. The molecule has 6 heteroatoms. The molecule has 24 heavy (non-hydrogen) atoms. The number of aryl methyl sites for hydroxylation is 2. The lowest BCUT2D eigenvalue weighted by Crippen LogP contribution is -2.14. The lowest BCUT2D eigenvalue weighted by atomic mass is 10.0. The van der Waals surface area contributed by atoms with Crippen molar-refractivity contribution in [3.8, 4) is 16.9 Å². The molecule has 1 amide bonds. The summed E-state index contributed by atoms with van der Waals surface area (Å²) in [6, 6.07) is 11.4. The van der Waals surface area contributed by atoms with Crippen LogP contribution in [0.1, 0.15) is 21.9 Å². The van der Waals surface area contributed by atoms with Crippen LogP contribution < -0.4 is 10.1 Å². The number of carbonyl (C=O) groups excluding carboxylic acids is 1. The maximum Gasteiger partial charge on any atom is 0.276 e. The Morgan fingerprint density at radius 1 is 1.12 bits per heavy atom. The van der Waals surface area contributed by atoms with E-state index in [2.05, 4.69) is 15.3 Å². The minimum atomic E-state index is -0.274. The molecule has 0 aliphatic rings. The van der Waals surface area contributed by atoms with Crippen LogP contribution in [0.5, 0.6) is 5.75 Å². The average Bonchev–Trinajstić information content (AvgIpc) is 2.99. The van der Waals surface area contributed by atoms with E-state index in [0.717, 1.165) is 28.3 Å². The van der Waals surface area contributed by atoms with Crippen LogP contribution >= 0.6 is 11.3 Å². The molecule has 0 bridgehead atoms. The quantitative estimate of drug-likeness (QED) is 0.778. The fraction of sp³-hybridized carbons (Fsp3) is 0.167. The second-order valence-corrected chi connectivity index (χ2v) is 6.19. The molecule has 122 valence electrons. The van der Waals surface area contributed by atoms with Crippen molar-refractivity contribution in [3.05, 3.63) is 58.9 Å². The number of hydrogen-bond acceptors (Lipinski definition) is 5. The van der Waals surface area contributed by atoms with Crippen molar-refractivity contribution >= 4 is 22.4 Å². The van der Waals surface area contributed by atoms with Crippen LogP contribution in [0.2, 0.25) is 0 Å². The predicted octanol–water partition coefficient (Wildman–Crippen LogP) is 4.08. The van der Waals surface area contributed by atoms with Gasteiger partial charge in [-0.25, -0.2) is 9.97 Å². The second kappa shape index (κ2) is 6.80. The van der Waals surface area contributed by atoms with Gasteiger partial charge < -0.3 is 4.74 Å². The van der Waals surface area contributed by atoms with Gasteiger partial charge in [0.2, 0.25) is 0 Å². The number of benzene rings is 1. The van der Waals surface area contributed by atoms with E-state index in [9.17, 15) is 4.79 Å². The zero-order valence-electron chi connectivity index (χ0n) is 13.7. The van der Waals surface area contributed by atoms with Gasteiger partial charge in [0.25, 0.3) is 5.91 Å². The van der Waals surface area contributed by atoms with Gasteiger partial charge in [0.1, 0.15) is 11.4 Å². The van der Waals surface area contributed by atoms with Crippen molar-refractivity contribution in [1.29, 1.82) is 0 Å². The Morgan fingerprint density at radius 3 is 2.62 bits per heavy atom. The van der Waals surface area contributed by atoms with Crippen LogP contribution in [-0.4, -0.2) is 23.0 Å². The summed E-state index contributed by atoms with van der Waals surface area (Å²) in [5.41, 5.74) is 3.80. The van der Waals surface area contributed by atoms with E-state index in [1.165, 1.54) is 11.3 Å². The molecular weight excluding hydrogens is 322 g/mol. The highest BCUT2D eigenvalue weighted by Crippen LogP contribution is 2.30. The van der Waals surface area contributed by atoms with Gasteiger partial charge in [0.05, 0.1) is 12.8 Å². The number of anilines is 1. The van der Waals surface area contributed by atoms with Crippen molar-refractivity contribution in [2.24, 2.45) is 0 Å². The van der Waals surface area contributed by atoms with Crippen LogP contribution in [0.3, 0.4) is 0 Å². The maximum atomic E-state index is 12.5. The highest BCUT2D eigenvalue weighted by molar-refractivity contribution is 7.13. The minimum absolute atomic E-state index is 0.274. The van der Waals surface area contributed by atoms with E-state index >= 15 is 0 Å². The molecular formula is C18H17N3O2S. The van der Waals surface area contributed by atoms with Crippen LogP contribution in [-0.2, 0) is 0 Å². The van der Waals surface area contributed by atoms with Gasteiger partial charge in [0.15, 0.2) is 5.13 Å². The molecule has 0 unspecified atom stereocenters. The minimum Gasteiger partial charge on any atom is -0.496 e. The van der Waals surface area contributed by atoms with Gasteiger partial charge >= 0.3 is 0 Å². The lowest BCUT2D eigenvalue weighted by molar-refractivity contribution is 0.102. The zero-order chi connectivity index (χ0) is 17.1. The van der Waals surface area contributed by atoms with Gasteiger partial charge in [-0.15, -0.1) is 11.3 Å². The van der Waals surface area contributed by atoms with E-state index in [4.69, 9.17) is 4.74 Å². The first kappa shape index (κ1) is 16.1. The summed E-state index contributed by atoms with van der Waals surface area (Å²) in [6.07, 6.45) is 0. The number of carbonyl (C=O) groups is 1. The van der Waals surface area contributed by atoms with Crippen molar-refractivity contribution in [2.45, 2.75) is 13.8 Å². The Morgan fingerprint density at radius 2 is 1.92 bits per heavy atom. The van der Waals surface area contributed by atoms with Gasteiger partial charge in [-0.2, -0.15) is 0 Å². The number of pyridine rings is 1. The van der Waals surface area contributed by atoms with Crippen LogP contribution in [0.25, 0.3) is 11.1 Å². The molecule has 3 rings (SSSR count).